The summed E-state index contributed by atoms with van der Waals surface area (Å²) in [5.74, 6) is 0. The van der Waals surface area contributed by atoms with E-state index in [1.165, 1.54) is 17.5 Å². The van der Waals surface area contributed by atoms with Gasteiger partial charge in [0, 0.05) is 13.6 Å². The minimum absolute atomic E-state index is 0.152. The molecule has 0 aliphatic rings. The van der Waals surface area contributed by atoms with Crippen LogP contribution in [0.4, 0.5) is 0 Å². The van der Waals surface area contributed by atoms with Gasteiger partial charge >= 0.3 is 0 Å². The predicted molar refractivity (Wildman–Crippen MR) is 79.6 cm³/mol. The lowest BCUT2D eigenvalue weighted by molar-refractivity contribution is 0.446. The summed E-state index contributed by atoms with van der Waals surface area (Å²) in [6, 6.07) is 0. The number of sulfonamides is 1. The lowest BCUT2D eigenvalue weighted by Gasteiger charge is -2.18. The van der Waals surface area contributed by atoms with Gasteiger partial charge in [0.1, 0.15) is 4.90 Å². The quantitative estimate of drug-likeness (QED) is 0.904. The van der Waals surface area contributed by atoms with Crippen LogP contribution in [0.2, 0.25) is 5.02 Å². The fraction of sp³-hybridized carbons (Fsp3) is 0.500. The predicted octanol–water partition coefficient (Wildman–Crippen LogP) is 1.72. The van der Waals surface area contributed by atoms with E-state index in [0.29, 0.717) is 28.6 Å². The summed E-state index contributed by atoms with van der Waals surface area (Å²) in [5, 5.41) is 11.2. The van der Waals surface area contributed by atoms with Gasteiger partial charge in [0.15, 0.2) is 0 Å². The number of halogens is 1. The molecule has 0 aliphatic carbocycles. The number of aromatic amines is 1. The van der Waals surface area contributed by atoms with E-state index in [4.69, 9.17) is 11.6 Å². The summed E-state index contributed by atoms with van der Waals surface area (Å²) in [5.41, 5.74) is 1.65. The van der Waals surface area contributed by atoms with Crippen LogP contribution < -0.4 is 0 Å². The molecule has 0 aromatic carbocycles. The SMILES string of the molecule is CCn1ncc(Cl)c1CN(C)S(=O)(=O)c1c(C)n[nH]c1C. The molecule has 0 fully saturated rings. The summed E-state index contributed by atoms with van der Waals surface area (Å²) in [7, 11) is -2.12. The summed E-state index contributed by atoms with van der Waals surface area (Å²) >= 11 is 6.08. The Labute approximate surface area is 129 Å². The van der Waals surface area contributed by atoms with E-state index in [2.05, 4.69) is 15.3 Å². The first-order valence-electron chi connectivity index (χ1n) is 6.47. The van der Waals surface area contributed by atoms with Gasteiger partial charge < -0.3 is 0 Å². The Morgan fingerprint density at radius 1 is 1.43 bits per heavy atom. The Balaban J connectivity index is 2.36. The average Bonchev–Trinajstić information content (AvgIpc) is 2.93. The molecule has 0 aliphatic heterocycles. The van der Waals surface area contributed by atoms with Gasteiger partial charge in [-0.1, -0.05) is 11.6 Å². The van der Waals surface area contributed by atoms with Crippen LogP contribution in [0.25, 0.3) is 0 Å². The summed E-state index contributed by atoms with van der Waals surface area (Å²) in [6.45, 7) is 6.04. The molecular weight excluding hydrogens is 314 g/mol. The lowest BCUT2D eigenvalue weighted by atomic mass is 10.4. The van der Waals surface area contributed by atoms with Crippen LogP contribution in [-0.2, 0) is 23.1 Å². The van der Waals surface area contributed by atoms with Gasteiger partial charge in [-0.25, -0.2) is 8.42 Å². The smallest absolute Gasteiger partial charge is 0.246 e. The largest absolute Gasteiger partial charge is 0.281 e. The second-order valence-electron chi connectivity index (χ2n) is 4.78. The van der Waals surface area contributed by atoms with Crippen molar-refractivity contribution in [3.63, 3.8) is 0 Å². The maximum Gasteiger partial charge on any atom is 0.246 e. The van der Waals surface area contributed by atoms with E-state index in [-0.39, 0.29) is 11.4 Å². The number of nitrogens with one attached hydrogen (secondary N) is 1. The van der Waals surface area contributed by atoms with Crippen molar-refractivity contribution in [1.29, 1.82) is 0 Å². The van der Waals surface area contributed by atoms with Gasteiger partial charge in [-0.05, 0) is 20.8 Å². The monoisotopic (exact) mass is 331 g/mol. The second-order valence-corrected chi connectivity index (χ2v) is 7.17. The zero-order valence-corrected chi connectivity index (χ0v) is 14.0. The van der Waals surface area contributed by atoms with Crippen LogP contribution in [0.5, 0.6) is 0 Å². The minimum atomic E-state index is -3.63. The molecule has 0 radical (unpaired) electrons. The normalized spacial score (nSPS) is 12.3. The van der Waals surface area contributed by atoms with Crippen LogP contribution in [0.1, 0.15) is 24.0 Å². The molecule has 0 saturated carbocycles. The fourth-order valence-electron chi connectivity index (χ4n) is 2.19. The zero-order valence-electron chi connectivity index (χ0n) is 12.4. The van der Waals surface area contributed by atoms with Gasteiger partial charge in [-0.3, -0.25) is 9.78 Å². The number of hydrogen-bond acceptors (Lipinski definition) is 4. The highest BCUT2D eigenvalue weighted by molar-refractivity contribution is 7.89. The van der Waals surface area contributed by atoms with E-state index in [9.17, 15) is 8.42 Å². The number of aromatic nitrogens is 4. The molecule has 1 N–H and O–H groups in total. The van der Waals surface area contributed by atoms with Gasteiger partial charge in [0.05, 0.1) is 34.8 Å². The van der Waals surface area contributed by atoms with Crippen molar-refractivity contribution < 1.29 is 8.42 Å². The molecular formula is C12H18ClN5O2S. The van der Waals surface area contributed by atoms with Crippen LogP contribution in [0.15, 0.2) is 11.1 Å². The Morgan fingerprint density at radius 2 is 2.10 bits per heavy atom. The third kappa shape index (κ3) is 2.83. The van der Waals surface area contributed by atoms with Crippen LogP contribution in [-0.4, -0.2) is 39.7 Å². The maximum absolute atomic E-state index is 12.7. The van der Waals surface area contributed by atoms with Crippen molar-refractivity contribution in [2.75, 3.05) is 7.05 Å². The van der Waals surface area contributed by atoms with Gasteiger partial charge in [-0.15, -0.1) is 0 Å². The number of rotatable bonds is 5. The zero-order chi connectivity index (χ0) is 15.8. The average molecular weight is 332 g/mol. The van der Waals surface area contributed by atoms with Crippen molar-refractivity contribution in [2.24, 2.45) is 0 Å². The first kappa shape index (κ1) is 16.0. The number of aryl methyl sites for hydroxylation is 3. The van der Waals surface area contributed by atoms with E-state index in [0.717, 1.165) is 0 Å². The Kier molecular flexibility index (Phi) is 4.40. The van der Waals surface area contributed by atoms with Crippen molar-refractivity contribution in [3.8, 4) is 0 Å². The standard InChI is InChI=1S/C12H18ClN5O2S/c1-5-18-11(10(13)6-14-18)7-17(4)21(19,20)12-8(2)15-16-9(12)3/h6H,5,7H2,1-4H3,(H,15,16). The third-order valence-electron chi connectivity index (χ3n) is 3.30. The highest BCUT2D eigenvalue weighted by Gasteiger charge is 2.28. The molecule has 116 valence electrons. The molecule has 9 heteroatoms. The second kappa shape index (κ2) is 5.78. The van der Waals surface area contributed by atoms with Crippen LogP contribution in [0, 0.1) is 13.8 Å². The highest BCUT2D eigenvalue weighted by Crippen LogP contribution is 2.24. The first-order chi connectivity index (χ1) is 9.78. The fourth-order valence-corrected chi connectivity index (χ4v) is 3.85. The summed E-state index contributed by atoms with van der Waals surface area (Å²) < 4.78 is 28.3. The molecule has 0 bridgehead atoms. The van der Waals surface area contributed by atoms with Crippen LogP contribution >= 0.6 is 11.6 Å². The van der Waals surface area contributed by atoms with Crippen LogP contribution in [0.3, 0.4) is 0 Å². The van der Waals surface area contributed by atoms with Crippen molar-refractivity contribution in [1.82, 2.24) is 24.3 Å². The molecule has 2 rings (SSSR count). The minimum Gasteiger partial charge on any atom is -0.281 e. The number of nitrogens with zero attached hydrogens (tertiary/aromatic N) is 4. The number of H-pyrrole nitrogens is 1. The Morgan fingerprint density at radius 3 is 2.62 bits per heavy atom. The Bertz CT molecular complexity index is 730. The van der Waals surface area contributed by atoms with Gasteiger partial charge in [0.25, 0.3) is 0 Å². The third-order valence-corrected chi connectivity index (χ3v) is 5.68. The van der Waals surface area contributed by atoms with E-state index in [1.54, 1.807) is 18.5 Å². The molecule has 7 nitrogen and oxygen atoms in total. The van der Waals surface area contributed by atoms with E-state index < -0.39 is 10.0 Å². The molecule has 0 atom stereocenters. The lowest BCUT2D eigenvalue weighted by Crippen LogP contribution is -2.28. The molecule has 2 heterocycles. The topological polar surface area (TPSA) is 83.9 Å². The molecule has 0 saturated heterocycles. The molecule has 0 amide bonds. The first-order valence-corrected chi connectivity index (χ1v) is 8.29. The molecule has 2 aromatic rings. The van der Waals surface area contributed by atoms with Crippen molar-refractivity contribution in [2.45, 2.75) is 38.8 Å². The molecule has 21 heavy (non-hydrogen) atoms. The maximum atomic E-state index is 12.7. The highest BCUT2D eigenvalue weighted by atomic mass is 35.5. The van der Waals surface area contributed by atoms with Gasteiger partial charge in [0.2, 0.25) is 10.0 Å². The molecule has 0 spiro atoms. The Hall–Kier alpha value is -1.38. The summed E-state index contributed by atoms with van der Waals surface area (Å²) in [4.78, 5) is 0.212. The van der Waals surface area contributed by atoms with Crippen molar-refractivity contribution >= 4 is 21.6 Å². The summed E-state index contributed by atoms with van der Waals surface area (Å²) in [6.07, 6.45) is 1.52. The van der Waals surface area contributed by atoms with Gasteiger partial charge in [-0.2, -0.15) is 14.5 Å². The van der Waals surface area contributed by atoms with E-state index >= 15 is 0 Å². The molecule has 0 unspecified atom stereocenters. The number of hydrogen-bond donors (Lipinski definition) is 1. The van der Waals surface area contributed by atoms with E-state index in [1.807, 2.05) is 6.92 Å². The van der Waals surface area contributed by atoms with Crippen molar-refractivity contribution in [3.05, 3.63) is 28.3 Å². The molecule has 2 aromatic heterocycles.